The number of hydrogen-bond donors (Lipinski definition) is 2. The molecule has 1 rings (SSSR count). The Kier molecular flexibility index (Phi) is 4.22. The number of amidine groups is 1. The van der Waals surface area contributed by atoms with Crippen molar-refractivity contribution in [2.75, 3.05) is 19.6 Å². The van der Waals surface area contributed by atoms with Crippen LogP contribution in [0.25, 0.3) is 0 Å². The van der Waals surface area contributed by atoms with Crippen LogP contribution in [0.1, 0.15) is 32.6 Å². The van der Waals surface area contributed by atoms with E-state index in [-0.39, 0.29) is 0 Å². The van der Waals surface area contributed by atoms with Crippen LogP contribution in [0.5, 0.6) is 0 Å². The molecular weight excluding hydrogens is 162 g/mol. The topological polar surface area (TPSA) is 53.1 Å². The second-order valence-corrected chi connectivity index (χ2v) is 3.94. The fourth-order valence-corrected chi connectivity index (χ4v) is 1.48. The molecule has 0 saturated heterocycles. The molecule has 0 amide bonds. The maximum absolute atomic E-state index is 7.14. The highest BCUT2D eigenvalue weighted by atomic mass is 15.1. The molecule has 0 heterocycles. The van der Waals surface area contributed by atoms with Crippen LogP contribution in [0.15, 0.2) is 0 Å². The zero-order chi connectivity index (χ0) is 9.68. The Morgan fingerprint density at radius 2 is 2.15 bits per heavy atom. The van der Waals surface area contributed by atoms with Crippen LogP contribution in [-0.2, 0) is 0 Å². The summed E-state index contributed by atoms with van der Waals surface area (Å²) in [5.41, 5.74) is 5.32. The van der Waals surface area contributed by atoms with Crippen LogP contribution < -0.4 is 5.73 Å². The van der Waals surface area contributed by atoms with E-state index in [0.29, 0.717) is 5.84 Å². The van der Waals surface area contributed by atoms with E-state index in [4.69, 9.17) is 11.1 Å². The van der Waals surface area contributed by atoms with Crippen LogP contribution in [0.3, 0.4) is 0 Å². The Morgan fingerprint density at radius 1 is 1.46 bits per heavy atom. The highest BCUT2D eigenvalue weighted by Gasteiger charge is 2.21. The zero-order valence-corrected chi connectivity index (χ0v) is 8.55. The molecule has 0 aromatic carbocycles. The first-order valence-corrected chi connectivity index (χ1v) is 5.27. The molecule has 13 heavy (non-hydrogen) atoms. The molecule has 0 aromatic rings. The summed E-state index contributed by atoms with van der Waals surface area (Å²) in [5.74, 6) is 1.32. The minimum Gasteiger partial charge on any atom is -0.388 e. The molecule has 3 heteroatoms. The summed E-state index contributed by atoms with van der Waals surface area (Å²) in [6.45, 7) is 5.40. The normalized spacial score (nSPS) is 16.5. The third kappa shape index (κ3) is 4.88. The van der Waals surface area contributed by atoms with Gasteiger partial charge < -0.3 is 10.6 Å². The second-order valence-electron chi connectivity index (χ2n) is 3.94. The molecule has 0 spiro atoms. The number of hydrogen-bond acceptors (Lipinski definition) is 2. The van der Waals surface area contributed by atoms with E-state index in [1.807, 2.05) is 0 Å². The first kappa shape index (κ1) is 10.5. The van der Waals surface area contributed by atoms with Crippen LogP contribution >= 0.6 is 0 Å². The molecule has 3 N–H and O–H groups in total. The van der Waals surface area contributed by atoms with Gasteiger partial charge >= 0.3 is 0 Å². The van der Waals surface area contributed by atoms with Gasteiger partial charge in [-0.05, 0) is 25.4 Å². The standard InChI is InChI=1S/C10H21N3/c1-2-13(8-6-10(11)12)7-5-9-3-4-9/h9H,2-8H2,1H3,(H3,11,12). The monoisotopic (exact) mass is 183 g/mol. The van der Waals surface area contributed by atoms with Gasteiger partial charge in [0.15, 0.2) is 0 Å². The summed E-state index contributed by atoms with van der Waals surface area (Å²) in [5, 5.41) is 7.14. The van der Waals surface area contributed by atoms with Gasteiger partial charge in [-0.1, -0.05) is 19.8 Å². The van der Waals surface area contributed by atoms with Crippen molar-refractivity contribution >= 4 is 5.84 Å². The number of nitrogens with two attached hydrogens (primary N) is 1. The van der Waals surface area contributed by atoms with Gasteiger partial charge in [0, 0.05) is 13.0 Å². The largest absolute Gasteiger partial charge is 0.388 e. The lowest BCUT2D eigenvalue weighted by Crippen LogP contribution is -2.29. The summed E-state index contributed by atoms with van der Waals surface area (Å²) in [6, 6.07) is 0. The average Bonchev–Trinajstić information content (AvgIpc) is 2.88. The minimum absolute atomic E-state index is 0.310. The predicted octanol–water partition coefficient (Wildman–Crippen LogP) is 1.43. The smallest absolute Gasteiger partial charge is 0.0918 e. The van der Waals surface area contributed by atoms with Gasteiger partial charge in [-0.15, -0.1) is 0 Å². The van der Waals surface area contributed by atoms with Crippen LogP contribution in [0, 0.1) is 11.3 Å². The fourth-order valence-electron chi connectivity index (χ4n) is 1.48. The van der Waals surface area contributed by atoms with Crippen molar-refractivity contribution in [2.45, 2.75) is 32.6 Å². The van der Waals surface area contributed by atoms with E-state index < -0.39 is 0 Å². The van der Waals surface area contributed by atoms with Gasteiger partial charge in [-0.2, -0.15) is 0 Å². The highest BCUT2D eigenvalue weighted by Crippen LogP contribution is 2.32. The van der Waals surface area contributed by atoms with Crippen LogP contribution in [0.2, 0.25) is 0 Å². The number of nitrogens with one attached hydrogen (secondary N) is 1. The van der Waals surface area contributed by atoms with Crippen molar-refractivity contribution in [3.63, 3.8) is 0 Å². The van der Waals surface area contributed by atoms with Crippen LogP contribution in [0.4, 0.5) is 0 Å². The van der Waals surface area contributed by atoms with E-state index >= 15 is 0 Å². The lowest BCUT2D eigenvalue weighted by molar-refractivity contribution is 0.286. The summed E-state index contributed by atoms with van der Waals surface area (Å²) in [4.78, 5) is 2.39. The molecule has 1 aliphatic carbocycles. The van der Waals surface area contributed by atoms with Gasteiger partial charge in [0.05, 0.1) is 5.84 Å². The highest BCUT2D eigenvalue weighted by molar-refractivity contribution is 5.76. The van der Waals surface area contributed by atoms with Gasteiger partial charge in [-0.25, -0.2) is 0 Å². The Balaban J connectivity index is 2.05. The van der Waals surface area contributed by atoms with Crippen molar-refractivity contribution in [1.29, 1.82) is 5.41 Å². The lowest BCUT2D eigenvalue weighted by atomic mass is 10.2. The fraction of sp³-hybridized carbons (Fsp3) is 0.900. The predicted molar refractivity (Wildman–Crippen MR) is 56.0 cm³/mol. The van der Waals surface area contributed by atoms with E-state index in [0.717, 1.165) is 25.4 Å². The van der Waals surface area contributed by atoms with Crippen molar-refractivity contribution in [3.8, 4) is 0 Å². The first-order chi connectivity index (χ1) is 6.22. The molecule has 1 saturated carbocycles. The Morgan fingerprint density at radius 3 is 2.62 bits per heavy atom. The maximum atomic E-state index is 7.14. The molecule has 0 atom stereocenters. The van der Waals surface area contributed by atoms with Crippen molar-refractivity contribution in [1.82, 2.24) is 4.90 Å². The van der Waals surface area contributed by atoms with Crippen LogP contribution in [-0.4, -0.2) is 30.4 Å². The molecular formula is C10H21N3. The third-order valence-electron chi connectivity index (χ3n) is 2.70. The minimum atomic E-state index is 0.310. The molecule has 0 bridgehead atoms. The summed E-state index contributed by atoms with van der Waals surface area (Å²) in [6.07, 6.45) is 4.93. The molecule has 0 radical (unpaired) electrons. The Labute approximate surface area is 80.8 Å². The van der Waals surface area contributed by atoms with E-state index in [2.05, 4.69) is 11.8 Å². The quantitative estimate of drug-likeness (QED) is 0.463. The molecule has 1 aliphatic rings. The van der Waals surface area contributed by atoms with E-state index in [1.54, 1.807) is 0 Å². The van der Waals surface area contributed by atoms with E-state index in [1.165, 1.54) is 25.8 Å². The first-order valence-electron chi connectivity index (χ1n) is 5.27. The summed E-state index contributed by atoms with van der Waals surface area (Å²) < 4.78 is 0. The van der Waals surface area contributed by atoms with E-state index in [9.17, 15) is 0 Å². The maximum Gasteiger partial charge on any atom is 0.0918 e. The number of rotatable bonds is 7. The Hall–Kier alpha value is -0.570. The third-order valence-corrected chi connectivity index (χ3v) is 2.70. The number of nitrogens with zero attached hydrogens (tertiary/aromatic N) is 1. The SMILES string of the molecule is CCN(CCC(=N)N)CCC1CC1. The van der Waals surface area contributed by atoms with Crippen molar-refractivity contribution in [2.24, 2.45) is 11.7 Å². The molecule has 0 aromatic heterocycles. The summed E-state index contributed by atoms with van der Waals surface area (Å²) >= 11 is 0. The average molecular weight is 183 g/mol. The summed E-state index contributed by atoms with van der Waals surface area (Å²) in [7, 11) is 0. The molecule has 3 nitrogen and oxygen atoms in total. The van der Waals surface area contributed by atoms with Crippen molar-refractivity contribution < 1.29 is 0 Å². The second kappa shape index (κ2) is 5.22. The zero-order valence-electron chi connectivity index (χ0n) is 8.55. The van der Waals surface area contributed by atoms with Gasteiger partial charge in [0.25, 0.3) is 0 Å². The van der Waals surface area contributed by atoms with Gasteiger partial charge in [0.2, 0.25) is 0 Å². The van der Waals surface area contributed by atoms with Crippen molar-refractivity contribution in [3.05, 3.63) is 0 Å². The Bertz CT molecular complexity index is 164. The lowest BCUT2D eigenvalue weighted by Gasteiger charge is -2.19. The molecule has 0 aliphatic heterocycles. The molecule has 1 fully saturated rings. The van der Waals surface area contributed by atoms with Gasteiger partial charge in [-0.3, -0.25) is 5.41 Å². The van der Waals surface area contributed by atoms with Gasteiger partial charge in [0.1, 0.15) is 0 Å². The molecule has 76 valence electrons. The molecule has 0 unspecified atom stereocenters.